The van der Waals surface area contributed by atoms with E-state index in [0.29, 0.717) is 0 Å². The van der Waals surface area contributed by atoms with Gasteiger partial charge in [0.05, 0.1) is 0 Å². The largest absolute Gasteiger partial charge is 0.490 e. The molecular weight excluding hydrogens is 230 g/mol. The number of carbonyl (C=O) groups excluding carboxylic acids is 1. The van der Waals surface area contributed by atoms with Crippen LogP contribution in [0.25, 0.3) is 0 Å². The van der Waals surface area contributed by atoms with Crippen LogP contribution in [0.1, 0.15) is 20.3 Å². The van der Waals surface area contributed by atoms with Crippen LogP contribution < -0.4 is 10.1 Å². The van der Waals surface area contributed by atoms with E-state index in [0.717, 1.165) is 12.2 Å². The molecule has 0 bridgehead atoms. The summed E-state index contributed by atoms with van der Waals surface area (Å²) in [7, 11) is 0. The maximum atomic E-state index is 11.2. The standard InChI is InChI=1S/C14H19NO3/c1-14(2)11(15-13(17)9-16)8-12(14)18-10-6-4-3-5-7-10/h3-7,11-12,16H,8-9H2,1-2H3,(H,15,17)/t11-,12+/m0/s1. The second-order valence-corrected chi connectivity index (χ2v) is 5.25. The molecule has 1 saturated carbocycles. The Morgan fingerprint density at radius 1 is 1.44 bits per heavy atom. The number of aliphatic hydroxyl groups excluding tert-OH is 1. The van der Waals surface area contributed by atoms with Gasteiger partial charge in [0.15, 0.2) is 0 Å². The van der Waals surface area contributed by atoms with Gasteiger partial charge in [-0.2, -0.15) is 0 Å². The van der Waals surface area contributed by atoms with Gasteiger partial charge in [-0.25, -0.2) is 0 Å². The smallest absolute Gasteiger partial charge is 0.245 e. The molecule has 1 aromatic rings. The fraction of sp³-hybridized carbons (Fsp3) is 0.500. The second kappa shape index (κ2) is 4.98. The van der Waals surface area contributed by atoms with E-state index < -0.39 is 6.61 Å². The second-order valence-electron chi connectivity index (χ2n) is 5.25. The molecular formula is C14H19NO3. The predicted octanol–water partition coefficient (Wildman–Crippen LogP) is 1.34. The number of ether oxygens (including phenoxy) is 1. The number of benzene rings is 1. The van der Waals surface area contributed by atoms with E-state index in [4.69, 9.17) is 9.84 Å². The minimum atomic E-state index is -0.462. The van der Waals surface area contributed by atoms with Crippen LogP contribution in [0.2, 0.25) is 0 Å². The van der Waals surface area contributed by atoms with Crippen molar-refractivity contribution in [1.29, 1.82) is 0 Å². The maximum Gasteiger partial charge on any atom is 0.245 e. The molecule has 0 radical (unpaired) electrons. The highest BCUT2D eigenvalue weighted by atomic mass is 16.5. The Labute approximate surface area is 107 Å². The first-order chi connectivity index (χ1) is 8.54. The van der Waals surface area contributed by atoms with E-state index in [1.807, 2.05) is 30.3 Å². The maximum absolute atomic E-state index is 11.2. The van der Waals surface area contributed by atoms with Gasteiger partial charge in [0.1, 0.15) is 18.5 Å². The van der Waals surface area contributed by atoms with Gasteiger partial charge >= 0.3 is 0 Å². The monoisotopic (exact) mass is 249 g/mol. The molecule has 2 rings (SSSR count). The zero-order valence-electron chi connectivity index (χ0n) is 10.7. The summed E-state index contributed by atoms with van der Waals surface area (Å²) >= 11 is 0. The summed E-state index contributed by atoms with van der Waals surface area (Å²) in [5.41, 5.74) is -0.124. The molecule has 0 aromatic heterocycles. The average Bonchev–Trinajstić information content (AvgIpc) is 2.38. The van der Waals surface area contributed by atoms with Gasteiger partial charge in [0.25, 0.3) is 0 Å². The number of aliphatic hydroxyl groups is 1. The molecule has 1 fully saturated rings. The summed E-state index contributed by atoms with van der Waals surface area (Å²) in [6.07, 6.45) is 0.858. The van der Waals surface area contributed by atoms with Gasteiger partial charge in [-0.15, -0.1) is 0 Å². The number of carbonyl (C=O) groups is 1. The molecule has 0 spiro atoms. The van der Waals surface area contributed by atoms with Crippen LogP contribution in [-0.2, 0) is 4.79 Å². The summed E-state index contributed by atoms with van der Waals surface area (Å²) in [5.74, 6) is 0.522. The summed E-state index contributed by atoms with van der Waals surface area (Å²) in [4.78, 5) is 11.2. The molecule has 98 valence electrons. The molecule has 0 unspecified atom stereocenters. The Kier molecular flexibility index (Phi) is 3.57. The average molecular weight is 249 g/mol. The molecule has 18 heavy (non-hydrogen) atoms. The van der Waals surface area contributed by atoms with Crippen LogP contribution in [0.4, 0.5) is 0 Å². The minimum absolute atomic E-state index is 0.0610. The molecule has 1 aliphatic rings. The number of nitrogens with one attached hydrogen (secondary N) is 1. The van der Waals surface area contributed by atoms with Gasteiger partial charge < -0.3 is 15.2 Å². The Morgan fingerprint density at radius 2 is 2.11 bits per heavy atom. The summed E-state index contributed by atoms with van der Waals surface area (Å²) < 4.78 is 5.90. The van der Waals surface area contributed by atoms with Crippen LogP contribution in [0.3, 0.4) is 0 Å². The van der Waals surface area contributed by atoms with E-state index in [9.17, 15) is 4.79 Å². The van der Waals surface area contributed by atoms with Crippen LogP contribution >= 0.6 is 0 Å². The van der Waals surface area contributed by atoms with Gasteiger partial charge in [-0.3, -0.25) is 4.79 Å². The number of hydrogen-bond acceptors (Lipinski definition) is 3. The summed E-state index contributed by atoms with van der Waals surface area (Å²) in [5, 5.41) is 11.5. The molecule has 1 aromatic carbocycles. The lowest BCUT2D eigenvalue weighted by atomic mass is 9.64. The van der Waals surface area contributed by atoms with Crippen LogP contribution in [0.15, 0.2) is 30.3 Å². The molecule has 0 saturated heterocycles. The molecule has 0 heterocycles. The fourth-order valence-corrected chi connectivity index (χ4v) is 2.23. The first-order valence-electron chi connectivity index (χ1n) is 6.16. The lowest BCUT2D eigenvalue weighted by molar-refractivity contribution is -0.130. The zero-order chi connectivity index (χ0) is 13.2. The van der Waals surface area contributed by atoms with Crippen molar-refractivity contribution in [3.8, 4) is 5.75 Å². The highest BCUT2D eigenvalue weighted by Gasteiger charge is 2.50. The van der Waals surface area contributed by atoms with Crippen molar-refractivity contribution in [3.63, 3.8) is 0 Å². The van der Waals surface area contributed by atoms with E-state index in [2.05, 4.69) is 19.2 Å². The van der Waals surface area contributed by atoms with E-state index in [1.54, 1.807) is 0 Å². The Balaban J connectivity index is 1.93. The quantitative estimate of drug-likeness (QED) is 0.846. The van der Waals surface area contributed by atoms with Crippen molar-refractivity contribution in [2.45, 2.75) is 32.4 Å². The van der Waals surface area contributed by atoms with Crippen LogP contribution in [0.5, 0.6) is 5.75 Å². The summed E-state index contributed by atoms with van der Waals surface area (Å²) in [6, 6.07) is 9.73. The molecule has 1 amide bonds. The van der Waals surface area contributed by atoms with Crippen molar-refractivity contribution >= 4 is 5.91 Å². The van der Waals surface area contributed by atoms with Gasteiger partial charge in [0.2, 0.25) is 5.91 Å². The third-order valence-electron chi connectivity index (χ3n) is 3.68. The number of rotatable bonds is 4. The third-order valence-corrected chi connectivity index (χ3v) is 3.68. The molecule has 4 nitrogen and oxygen atoms in total. The van der Waals surface area contributed by atoms with E-state index >= 15 is 0 Å². The van der Waals surface area contributed by atoms with Crippen LogP contribution in [-0.4, -0.2) is 29.8 Å². The molecule has 1 aliphatic carbocycles. The Bertz CT molecular complexity index is 416. The molecule has 0 aliphatic heterocycles. The Hall–Kier alpha value is -1.55. The van der Waals surface area contributed by atoms with E-state index in [1.165, 1.54) is 0 Å². The highest BCUT2D eigenvalue weighted by Crippen LogP contribution is 2.42. The SMILES string of the molecule is CC1(C)[C@@H](NC(=O)CO)C[C@H]1Oc1ccccc1. The van der Waals surface area contributed by atoms with Crippen molar-refractivity contribution in [2.24, 2.45) is 5.41 Å². The van der Waals surface area contributed by atoms with Crippen molar-refractivity contribution in [3.05, 3.63) is 30.3 Å². The predicted molar refractivity (Wildman–Crippen MR) is 68.3 cm³/mol. The first-order valence-corrected chi connectivity index (χ1v) is 6.16. The lowest BCUT2D eigenvalue weighted by Gasteiger charge is -2.51. The molecule has 2 atom stereocenters. The molecule has 4 heteroatoms. The number of amides is 1. The van der Waals surface area contributed by atoms with Gasteiger partial charge in [-0.05, 0) is 12.1 Å². The number of hydrogen-bond donors (Lipinski definition) is 2. The minimum Gasteiger partial charge on any atom is -0.490 e. The van der Waals surface area contributed by atoms with Crippen molar-refractivity contribution in [2.75, 3.05) is 6.61 Å². The normalized spacial score (nSPS) is 25.1. The van der Waals surface area contributed by atoms with Gasteiger partial charge in [-0.1, -0.05) is 32.0 Å². The van der Waals surface area contributed by atoms with Gasteiger partial charge in [0, 0.05) is 17.9 Å². The highest BCUT2D eigenvalue weighted by molar-refractivity contribution is 5.77. The third kappa shape index (κ3) is 2.48. The van der Waals surface area contributed by atoms with Crippen molar-refractivity contribution in [1.82, 2.24) is 5.32 Å². The fourth-order valence-electron chi connectivity index (χ4n) is 2.23. The summed E-state index contributed by atoms with van der Waals surface area (Å²) in [6.45, 7) is 3.66. The molecule has 2 N–H and O–H groups in total. The lowest BCUT2D eigenvalue weighted by Crippen LogP contribution is -2.63. The first kappa shape index (κ1) is 12.9. The van der Waals surface area contributed by atoms with E-state index in [-0.39, 0.29) is 23.5 Å². The number of para-hydroxylation sites is 1. The topological polar surface area (TPSA) is 58.6 Å². The van der Waals surface area contributed by atoms with Crippen molar-refractivity contribution < 1.29 is 14.6 Å². The zero-order valence-corrected chi connectivity index (χ0v) is 10.7. The van der Waals surface area contributed by atoms with Crippen LogP contribution in [0, 0.1) is 5.41 Å². The Morgan fingerprint density at radius 3 is 2.67 bits per heavy atom.